The van der Waals surface area contributed by atoms with Crippen molar-refractivity contribution in [2.24, 2.45) is 10.9 Å². The van der Waals surface area contributed by atoms with E-state index in [4.69, 9.17) is 4.74 Å². The van der Waals surface area contributed by atoms with Crippen LogP contribution in [0.15, 0.2) is 4.99 Å². The van der Waals surface area contributed by atoms with E-state index >= 15 is 0 Å². The van der Waals surface area contributed by atoms with Crippen molar-refractivity contribution in [1.29, 1.82) is 0 Å². The van der Waals surface area contributed by atoms with Crippen LogP contribution in [0.25, 0.3) is 0 Å². The molecule has 1 aliphatic heterocycles. The maximum atomic E-state index is 5.60. The van der Waals surface area contributed by atoms with Gasteiger partial charge in [-0.15, -0.1) is 24.0 Å². The fourth-order valence-corrected chi connectivity index (χ4v) is 2.11. The average Bonchev–Trinajstić information content (AvgIpc) is 3.00. The number of guanidine groups is 1. The molecular formula is C13H26IN3O. The molecule has 0 aromatic heterocycles. The fraction of sp³-hybridized carbons (Fsp3) is 0.923. The Hall–Kier alpha value is -0.0400. The number of hydrogen-bond acceptors (Lipinski definition) is 2. The molecule has 0 aromatic carbocycles. The zero-order valence-corrected chi connectivity index (χ0v) is 13.7. The second-order valence-electron chi connectivity index (χ2n) is 4.95. The van der Waals surface area contributed by atoms with Crippen molar-refractivity contribution in [2.45, 2.75) is 32.6 Å². The Morgan fingerprint density at radius 3 is 2.67 bits per heavy atom. The summed E-state index contributed by atoms with van der Waals surface area (Å²) in [5, 5.41) is 3.36. The van der Waals surface area contributed by atoms with E-state index in [0.717, 1.165) is 51.3 Å². The third-order valence-electron chi connectivity index (χ3n) is 3.29. The second kappa shape index (κ2) is 8.96. The lowest BCUT2D eigenvalue weighted by molar-refractivity contribution is 0.131. The zero-order valence-electron chi connectivity index (χ0n) is 11.4. The molecule has 0 atom stereocenters. The van der Waals surface area contributed by atoms with E-state index < -0.39 is 0 Å². The first-order valence-corrected chi connectivity index (χ1v) is 7.01. The molecule has 1 saturated carbocycles. The largest absolute Gasteiger partial charge is 0.379 e. The lowest BCUT2D eigenvalue weighted by Crippen LogP contribution is -2.39. The van der Waals surface area contributed by atoms with Crippen molar-refractivity contribution in [1.82, 2.24) is 10.2 Å². The topological polar surface area (TPSA) is 36.9 Å². The Kier molecular flexibility index (Phi) is 7.97. The zero-order chi connectivity index (χ0) is 11.9. The molecular weight excluding hydrogens is 341 g/mol. The van der Waals surface area contributed by atoms with Gasteiger partial charge in [0, 0.05) is 26.2 Å². The molecule has 0 aromatic rings. The van der Waals surface area contributed by atoms with Crippen LogP contribution in [0, 0.1) is 5.92 Å². The van der Waals surface area contributed by atoms with Gasteiger partial charge in [0.1, 0.15) is 0 Å². The molecule has 2 fully saturated rings. The Balaban J connectivity index is 0.00000162. The van der Waals surface area contributed by atoms with Crippen LogP contribution in [0.1, 0.15) is 32.6 Å². The highest BCUT2D eigenvalue weighted by molar-refractivity contribution is 14.0. The Morgan fingerprint density at radius 2 is 2.06 bits per heavy atom. The Labute approximate surface area is 128 Å². The predicted molar refractivity (Wildman–Crippen MR) is 85.7 cm³/mol. The second-order valence-corrected chi connectivity index (χ2v) is 4.95. The van der Waals surface area contributed by atoms with Gasteiger partial charge in [-0.2, -0.15) is 0 Å². The molecule has 1 N–H and O–H groups in total. The van der Waals surface area contributed by atoms with Gasteiger partial charge in [-0.3, -0.25) is 4.99 Å². The first kappa shape index (κ1) is 16.0. The van der Waals surface area contributed by atoms with Gasteiger partial charge in [0.15, 0.2) is 5.96 Å². The predicted octanol–water partition coefficient (Wildman–Crippen LogP) is 2.09. The van der Waals surface area contributed by atoms with Crippen molar-refractivity contribution >= 4 is 29.9 Å². The summed E-state index contributed by atoms with van der Waals surface area (Å²) in [6.45, 7) is 7.84. The third-order valence-corrected chi connectivity index (χ3v) is 3.29. The van der Waals surface area contributed by atoms with Crippen LogP contribution in [0.2, 0.25) is 0 Å². The number of halogens is 1. The SMILES string of the molecule is CCNC(=NCCOCC1CC1)N1CCCC1.I. The number of aliphatic imine (C=N–C) groups is 1. The third kappa shape index (κ3) is 5.73. The molecule has 0 amide bonds. The lowest BCUT2D eigenvalue weighted by Gasteiger charge is -2.20. The summed E-state index contributed by atoms with van der Waals surface area (Å²) in [7, 11) is 0. The molecule has 2 aliphatic rings. The van der Waals surface area contributed by atoms with Crippen LogP contribution in [0.4, 0.5) is 0 Å². The molecule has 2 rings (SSSR count). The molecule has 0 spiro atoms. The molecule has 1 heterocycles. The van der Waals surface area contributed by atoms with Crippen LogP contribution >= 0.6 is 24.0 Å². The maximum Gasteiger partial charge on any atom is 0.193 e. The summed E-state index contributed by atoms with van der Waals surface area (Å²) < 4.78 is 5.60. The fourth-order valence-electron chi connectivity index (χ4n) is 2.11. The first-order valence-electron chi connectivity index (χ1n) is 7.01. The van der Waals surface area contributed by atoms with Gasteiger partial charge in [0.2, 0.25) is 0 Å². The minimum Gasteiger partial charge on any atom is -0.379 e. The summed E-state index contributed by atoms with van der Waals surface area (Å²) in [6.07, 6.45) is 5.31. The van der Waals surface area contributed by atoms with Gasteiger partial charge in [0.25, 0.3) is 0 Å². The van der Waals surface area contributed by atoms with Gasteiger partial charge in [-0.1, -0.05) is 0 Å². The molecule has 0 bridgehead atoms. The normalized spacial score (nSPS) is 19.8. The number of rotatable bonds is 6. The summed E-state index contributed by atoms with van der Waals surface area (Å²) in [5.41, 5.74) is 0. The quantitative estimate of drug-likeness (QED) is 0.338. The van der Waals surface area contributed by atoms with Crippen molar-refractivity contribution in [3.8, 4) is 0 Å². The number of hydrogen-bond donors (Lipinski definition) is 1. The lowest BCUT2D eigenvalue weighted by atomic mass is 10.4. The molecule has 5 heteroatoms. The molecule has 0 unspecified atom stereocenters. The highest BCUT2D eigenvalue weighted by atomic mass is 127. The summed E-state index contributed by atoms with van der Waals surface area (Å²) in [4.78, 5) is 6.97. The van der Waals surface area contributed by atoms with Gasteiger partial charge >= 0.3 is 0 Å². The Morgan fingerprint density at radius 1 is 1.33 bits per heavy atom. The van der Waals surface area contributed by atoms with Crippen molar-refractivity contribution in [3.63, 3.8) is 0 Å². The van der Waals surface area contributed by atoms with Gasteiger partial charge in [-0.25, -0.2) is 0 Å². The number of ether oxygens (including phenoxy) is 1. The summed E-state index contributed by atoms with van der Waals surface area (Å²) >= 11 is 0. The number of nitrogens with one attached hydrogen (secondary N) is 1. The molecule has 18 heavy (non-hydrogen) atoms. The monoisotopic (exact) mass is 367 g/mol. The van der Waals surface area contributed by atoms with Crippen LogP contribution in [0.5, 0.6) is 0 Å². The van der Waals surface area contributed by atoms with Crippen molar-refractivity contribution in [2.75, 3.05) is 39.4 Å². The van der Waals surface area contributed by atoms with E-state index in [-0.39, 0.29) is 24.0 Å². The molecule has 0 radical (unpaired) electrons. The maximum absolute atomic E-state index is 5.60. The standard InChI is InChI=1S/C13H25N3O.HI/c1-2-14-13(16-8-3-4-9-16)15-7-10-17-11-12-5-6-12;/h12H,2-11H2,1H3,(H,14,15);1H. The van der Waals surface area contributed by atoms with Crippen LogP contribution < -0.4 is 5.32 Å². The summed E-state index contributed by atoms with van der Waals surface area (Å²) in [6, 6.07) is 0. The average molecular weight is 367 g/mol. The van der Waals surface area contributed by atoms with E-state index in [9.17, 15) is 0 Å². The van der Waals surface area contributed by atoms with E-state index in [1.807, 2.05) is 0 Å². The van der Waals surface area contributed by atoms with Crippen molar-refractivity contribution in [3.05, 3.63) is 0 Å². The van der Waals surface area contributed by atoms with Gasteiger partial charge < -0.3 is 15.0 Å². The molecule has 106 valence electrons. The van der Waals surface area contributed by atoms with Crippen LogP contribution in [-0.4, -0.2) is 50.3 Å². The number of likely N-dealkylation sites (tertiary alicyclic amines) is 1. The van der Waals surface area contributed by atoms with E-state index in [1.165, 1.54) is 25.7 Å². The minimum absolute atomic E-state index is 0. The van der Waals surface area contributed by atoms with Gasteiger partial charge in [-0.05, 0) is 38.5 Å². The highest BCUT2D eigenvalue weighted by Gasteiger charge is 2.21. The first-order chi connectivity index (χ1) is 8.40. The van der Waals surface area contributed by atoms with Gasteiger partial charge in [0.05, 0.1) is 13.2 Å². The molecule has 4 nitrogen and oxygen atoms in total. The van der Waals surface area contributed by atoms with Crippen LogP contribution in [-0.2, 0) is 4.74 Å². The molecule has 1 aliphatic carbocycles. The smallest absolute Gasteiger partial charge is 0.193 e. The van der Waals surface area contributed by atoms with Crippen molar-refractivity contribution < 1.29 is 4.74 Å². The van der Waals surface area contributed by atoms with Crippen LogP contribution in [0.3, 0.4) is 0 Å². The van der Waals surface area contributed by atoms with E-state index in [1.54, 1.807) is 0 Å². The summed E-state index contributed by atoms with van der Waals surface area (Å²) in [5.74, 6) is 1.92. The number of nitrogens with zero attached hydrogens (tertiary/aromatic N) is 2. The molecule has 1 saturated heterocycles. The van der Waals surface area contributed by atoms with E-state index in [0.29, 0.717) is 0 Å². The minimum atomic E-state index is 0. The van der Waals surface area contributed by atoms with E-state index in [2.05, 4.69) is 22.1 Å². The Bertz CT molecular complexity index is 251. The highest BCUT2D eigenvalue weighted by Crippen LogP contribution is 2.28.